The largest absolute Gasteiger partial charge is 0.338 e. The second kappa shape index (κ2) is 7.34. The van der Waals surface area contributed by atoms with Gasteiger partial charge >= 0.3 is 0 Å². The lowest BCUT2D eigenvalue weighted by atomic mass is 9.88. The first-order chi connectivity index (χ1) is 12.7. The fraction of sp³-hybridized carbons (Fsp3) is 0.238. The van der Waals surface area contributed by atoms with Crippen LogP contribution < -0.4 is 0 Å². The van der Waals surface area contributed by atoms with Crippen molar-refractivity contribution in [2.45, 2.75) is 25.3 Å². The predicted molar refractivity (Wildman–Crippen MR) is 102 cm³/mol. The van der Waals surface area contributed by atoms with Gasteiger partial charge in [-0.3, -0.25) is 9.89 Å². The van der Waals surface area contributed by atoms with Gasteiger partial charge in [-0.1, -0.05) is 54.1 Å². The number of halogens is 1. The molecule has 2 heterocycles. The average molecular weight is 366 g/mol. The Kier molecular flexibility index (Phi) is 4.76. The van der Waals surface area contributed by atoms with Crippen molar-refractivity contribution in [1.82, 2.24) is 15.1 Å². The summed E-state index contributed by atoms with van der Waals surface area (Å²) in [6.45, 7) is 1.36. The highest BCUT2D eigenvalue weighted by Crippen LogP contribution is 2.30. The summed E-state index contributed by atoms with van der Waals surface area (Å²) < 4.78 is 0. The van der Waals surface area contributed by atoms with Crippen molar-refractivity contribution in [3.05, 3.63) is 88.2 Å². The van der Waals surface area contributed by atoms with E-state index in [4.69, 9.17) is 11.6 Å². The molecule has 0 bridgehead atoms. The highest BCUT2D eigenvalue weighted by atomic mass is 35.5. The number of nitrogens with one attached hydrogen (secondary N) is 1. The first-order valence-electron chi connectivity index (χ1n) is 8.80. The zero-order valence-electron chi connectivity index (χ0n) is 14.4. The summed E-state index contributed by atoms with van der Waals surface area (Å²) in [5.41, 5.74) is 4.51. The fourth-order valence-corrected chi connectivity index (χ4v) is 3.67. The molecule has 132 valence electrons. The number of carbonyl (C=O) groups excluding carboxylic acids is 1. The second-order valence-corrected chi connectivity index (χ2v) is 7.09. The Bertz CT molecular complexity index is 889. The Morgan fingerprint density at radius 2 is 1.85 bits per heavy atom. The molecule has 0 aliphatic carbocycles. The number of fused-ring (bicyclic) bond motifs is 1. The molecule has 1 aromatic heterocycles. The van der Waals surface area contributed by atoms with Crippen LogP contribution in [0, 0.1) is 0 Å². The van der Waals surface area contributed by atoms with Gasteiger partial charge in [-0.2, -0.15) is 5.10 Å². The van der Waals surface area contributed by atoms with Crippen LogP contribution in [0.25, 0.3) is 0 Å². The topological polar surface area (TPSA) is 49.0 Å². The lowest BCUT2D eigenvalue weighted by molar-refractivity contribution is -0.132. The molecule has 4 rings (SSSR count). The van der Waals surface area contributed by atoms with E-state index in [1.807, 2.05) is 53.6 Å². The Morgan fingerprint density at radius 3 is 2.62 bits per heavy atom. The number of aromatic nitrogens is 2. The van der Waals surface area contributed by atoms with E-state index in [1.165, 1.54) is 0 Å². The van der Waals surface area contributed by atoms with Crippen LogP contribution in [0.2, 0.25) is 5.02 Å². The zero-order chi connectivity index (χ0) is 17.9. The third kappa shape index (κ3) is 3.51. The smallest absolute Gasteiger partial charge is 0.223 e. The van der Waals surface area contributed by atoms with Gasteiger partial charge in [0.2, 0.25) is 5.91 Å². The van der Waals surface area contributed by atoms with Crippen molar-refractivity contribution in [2.24, 2.45) is 0 Å². The van der Waals surface area contributed by atoms with E-state index < -0.39 is 0 Å². The fourth-order valence-electron chi connectivity index (χ4n) is 3.55. The van der Waals surface area contributed by atoms with Gasteiger partial charge in [-0.25, -0.2) is 0 Å². The van der Waals surface area contributed by atoms with Crippen LogP contribution in [0.1, 0.15) is 34.7 Å². The van der Waals surface area contributed by atoms with Crippen molar-refractivity contribution < 1.29 is 4.79 Å². The van der Waals surface area contributed by atoms with Gasteiger partial charge in [0.25, 0.3) is 0 Å². The van der Waals surface area contributed by atoms with Gasteiger partial charge in [0, 0.05) is 48.1 Å². The second-order valence-electron chi connectivity index (χ2n) is 6.66. The number of aromatic amines is 1. The van der Waals surface area contributed by atoms with E-state index in [9.17, 15) is 4.79 Å². The minimum Gasteiger partial charge on any atom is -0.338 e. The molecule has 2 aromatic carbocycles. The molecule has 0 spiro atoms. The van der Waals surface area contributed by atoms with E-state index in [0.29, 0.717) is 18.0 Å². The molecular formula is C21H20ClN3O. The lowest BCUT2D eigenvalue weighted by Gasteiger charge is -2.28. The van der Waals surface area contributed by atoms with Gasteiger partial charge < -0.3 is 4.90 Å². The van der Waals surface area contributed by atoms with Crippen LogP contribution in [0.15, 0.2) is 60.8 Å². The quantitative estimate of drug-likeness (QED) is 0.754. The van der Waals surface area contributed by atoms with E-state index >= 15 is 0 Å². The van der Waals surface area contributed by atoms with E-state index in [1.54, 1.807) is 0 Å². The number of rotatable bonds is 4. The molecule has 0 unspecified atom stereocenters. The molecule has 26 heavy (non-hydrogen) atoms. The highest BCUT2D eigenvalue weighted by molar-refractivity contribution is 6.30. The molecule has 1 N–H and O–H groups in total. The molecule has 3 aromatic rings. The highest BCUT2D eigenvalue weighted by Gasteiger charge is 2.25. The van der Waals surface area contributed by atoms with Crippen LogP contribution in [0.5, 0.6) is 0 Å². The van der Waals surface area contributed by atoms with Crippen LogP contribution in [0.4, 0.5) is 0 Å². The van der Waals surface area contributed by atoms with Crippen LogP contribution in [-0.4, -0.2) is 27.5 Å². The Morgan fingerprint density at radius 1 is 1.12 bits per heavy atom. The Labute approximate surface area is 157 Å². The molecule has 1 aliphatic rings. The summed E-state index contributed by atoms with van der Waals surface area (Å²) in [5, 5.41) is 7.80. The van der Waals surface area contributed by atoms with Gasteiger partial charge in [0.1, 0.15) is 0 Å². The molecule has 1 atom stereocenters. The first-order valence-corrected chi connectivity index (χ1v) is 9.18. The van der Waals surface area contributed by atoms with Crippen molar-refractivity contribution in [1.29, 1.82) is 0 Å². The predicted octanol–water partition coefficient (Wildman–Crippen LogP) is 4.17. The van der Waals surface area contributed by atoms with Crippen LogP contribution in [-0.2, 0) is 17.8 Å². The van der Waals surface area contributed by atoms with Gasteiger partial charge in [-0.15, -0.1) is 0 Å². The van der Waals surface area contributed by atoms with Crippen molar-refractivity contribution in [2.75, 3.05) is 6.54 Å². The van der Waals surface area contributed by atoms with E-state index in [2.05, 4.69) is 22.3 Å². The summed E-state index contributed by atoms with van der Waals surface area (Å²) in [7, 11) is 0. The van der Waals surface area contributed by atoms with E-state index in [0.717, 1.165) is 35.3 Å². The maximum absolute atomic E-state index is 13.0. The zero-order valence-corrected chi connectivity index (χ0v) is 15.1. The lowest BCUT2D eigenvalue weighted by Crippen LogP contribution is -2.36. The normalized spacial score (nSPS) is 14.7. The molecule has 4 nitrogen and oxygen atoms in total. The molecular weight excluding hydrogens is 346 g/mol. The number of benzene rings is 2. The maximum atomic E-state index is 13.0. The third-order valence-electron chi connectivity index (χ3n) is 5.01. The van der Waals surface area contributed by atoms with E-state index in [-0.39, 0.29) is 11.8 Å². The number of H-pyrrole nitrogens is 1. The molecule has 1 amide bonds. The van der Waals surface area contributed by atoms with Crippen molar-refractivity contribution in [3.8, 4) is 0 Å². The number of carbonyl (C=O) groups is 1. The van der Waals surface area contributed by atoms with Crippen LogP contribution >= 0.6 is 11.6 Å². The third-order valence-corrected chi connectivity index (χ3v) is 5.26. The number of amides is 1. The summed E-state index contributed by atoms with van der Waals surface area (Å²) in [4.78, 5) is 15.0. The average Bonchev–Trinajstić information content (AvgIpc) is 3.15. The monoisotopic (exact) mass is 365 g/mol. The van der Waals surface area contributed by atoms with Crippen molar-refractivity contribution in [3.63, 3.8) is 0 Å². The minimum atomic E-state index is 0.0201. The Balaban J connectivity index is 1.57. The Hall–Kier alpha value is -2.59. The molecule has 0 radical (unpaired) electrons. The molecule has 1 aliphatic heterocycles. The number of nitrogens with zero attached hydrogens (tertiary/aromatic N) is 2. The van der Waals surface area contributed by atoms with Gasteiger partial charge in [0.15, 0.2) is 0 Å². The maximum Gasteiger partial charge on any atom is 0.223 e. The van der Waals surface area contributed by atoms with Crippen LogP contribution in [0.3, 0.4) is 0 Å². The number of hydrogen-bond acceptors (Lipinski definition) is 2. The first kappa shape index (κ1) is 16.9. The summed E-state index contributed by atoms with van der Waals surface area (Å²) in [6.07, 6.45) is 3.10. The summed E-state index contributed by atoms with van der Waals surface area (Å²) >= 11 is 6.04. The number of hydrogen-bond donors (Lipinski definition) is 1. The summed E-state index contributed by atoms with van der Waals surface area (Å²) in [6, 6.07) is 18.0. The van der Waals surface area contributed by atoms with Crippen molar-refractivity contribution >= 4 is 17.5 Å². The summed E-state index contributed by atoms with van der Waals surface area (Å²) in [5.74, 6) is 0.187. The molecule has 0 fully saturated rings. The standard InChI is InChI=1S/C21H20ClN3O/c22-18-8-6-16(7-9-18)19(15-4-2-1-3-5-15)12-21(26)25-11-10-20-17(14-25)13-23-24-20/h1-9,13,19H,10-12,14H2,(H,23,24)/t19-/m1/s1. The van der Waals surface area contributed by atoms with Gasteiger partial charge in [-0.05, 0) is 23.3 Å². The van der Waals surface area contributed by atoms with Gasteiger partial charge in [0.05, 0.1) is 6.20 Å². The molecule has 5 heteroatoms. The SMILES string of the molecule is O=C(C[C@H](c1ccccc1)c1ccc(Cl)cc1)N1CCc2[nH]ncc2C1. The minimum absolute atomic E-state index is 0.0201. The molecule has 0 saturated heterocycles. The molecule has 0 saturated carbocycles.